The summed E-state index contributed by atoms with van der Waals surface area (Å²) >= 11 is 0.967. The number of hydrogen-bond donors (Lipinski definition) is 1. The molecule has 1 rings (SSSR count). The van der Waals surface area contributed by atoms with Crippen molar-refractivity contribution >= 4 is 17.7 Å². The number of alkyl halides is 1. The molecule has 80 valence electrons. The molecule has 3 atom stereocenters. The Balaban J connectivity index is 2.88. The van der Waals surface area contributed by atoms with Crippen molar-refractivity contribution in [1.29, 1.82) is 0 Å². The highest BCUT2D eigenvalue weighted by Gasteiger charge is 2.45. The smallest absolute Gasteiger partial charge is 0.147 e. The molecule has 3 unspecified atom stereocenters. The Morgan fingerprint density at radius 2 is 2.36 bits per heavy atom. The summed E-state index contributed by atoms with van der Waals surface area (Å²) in [5.41, 5.74) is -1.36. The highest BCUT2D eigenvalue weighted by molar-refractivity contribution is 7.98. The predicted octanol–water partition coefficient (Wildman–Crippen LogP) is 2.25. The van der Waals surface area contributed by atoms with Gasteiger partial charge in [-0.2, -0.15) is 0 Å². The Bertz CT molecular complexity index is 257. The van der Waals surface area contributed by atoms with Crippen LogP contribution in [-0.2, 0) is 4.79 Å². The maximum absolute atomic E-state index is 14.3. The number of carbonyl (C=O) groups is 1. The van der Waals surface area contributed by atoms with Crippen LogP contribution in [0.3, 0.4) is 0 Å². The van der Waals surface area contributed by atoms with Gasteiger partial charge in [0.25, 0.3) is 0 Å². The number of Topliss-reactive ketones (excluding diaryl/α,β-unsaturated/α-hetero) is 1. The quantitative estimate of drug-likeness (QED) is 0.570. The normalized spacial score (nSPS) is 39.3. The van der Waals surface area contributed by atoms with Crippen molar-refractivity contribution in [3.8, 4) is 0 Å². The first kappa shape index (κ1) is 11.7. The van der Waals surface area contributed by atoms with Gasteiger partial charge in [0.15, 0.2) is 0 Å². The van der Waals surface area contributed by atoms with Gasteiger partial charge in [-0.1, -0.05) is 31.0 Å². The fourth-order valence-corrected chi connectivity index (χ4v) is 2.65. The molecular weight excluding hydrogens is 201 g/mol. The zero-order valence-corrected chi connectivity index (χ0v) is 9.31. The van der Waals surface area contributed by atoms with Crippen molar-refractivity contribution in [2.24, 2.45) is 11.1 Å². The fourth-order valence-electron chi connectivity index (χ4n) is 1.92. The van der Waals surface area contributed by atoms with Crippen LogP contribution >= 0.6 is 11.9 Å². The van der Waals surface area contributed by atoms with Gasteiger partial charge >= 0.3 is 0 Å². The molecule has 0 amide bonds. The summed E-state index contributed by atoms with van der Waals surface area (Å²) in [5, 5.41) is 5.01. The average Bonchev–Trinajstić information content (AvgIpc) is 2.14. The highest BCUT2D eigenvalue weighted by atomic mass is 32.2. The van der Waals surface area contributed by atoms with E-state index in [4.69, 9.17) is 5.14 Å². The summed E-state index contributed by atoms with van der Waals surface area (Å²) in [6, 6.07) is 0. The molecule has 14 heavy (non-hydrogen) atoms. The van der Waals surface area contributed by atoms with E-state index >= 15 is 0 Å². The summed E-state index contributed by atoms with van der Waals surface area (Å²) in [6.07, 6.45) is 3.83. The lowest BCUT2D eigenvalue weighted by atomic mass is 9.76. The third kappa shape index (κ3) is 2.01. The van der Waals surface area contributed by atoms with Crippen molar-refractivity contribution in [1.82, 2.24) is 0 Å². The summed E-state index contributed by atoms with van der Waals surface area (Å²) < 4.78 is 14.3. The summed E-state index contributed by atoms with van der Waals surface area (Å²) in [6.45, 7) is 3.54. The number of hydrogen-bond acceptors (Lipinski definition) is 3. The Morgan fingerprint density at radius 3 is 2.86 bits per heavy atom. The van der Waals surface area contributed by atoms with Gasteiger partial charge in [-0.15, -0.1) is 0 Å². The van der Waals surface area contributed by atoms with Crippen molar-refractivity contribution < 1.29 is 9.18 Å². The largest absolute Gasteiger partial charge is 0.298 e. The van der Waals surface area contributed by atoms with E-state index < -0.39 is 10.9 Å². The van der Waals surface area contributed by atoms with Crippen LogP contribution in [-0.4, -0.2) is 16.7 Å². The zero-order valence-electron chi connectivity index (χ0n) is 8.50. The summed E-state index contributed by atoms with van der Waals surface area (Å²) in [5.74, 6) is -0.266. The topological polar surface area (TPSA) is 43.1 Å². The van der Waals surface area contributed by atoms with Gasteiger partial charge in [0, 0.05) is 12.3 Å². The maximum atomic E-state index is 14.3. The molecule has 2 nitrogen and oxygen atoms in total. The summed E-state index contributed by atoms with van der Waals surface area (Å²) in [7, 11) is 0. The second kappa shape index (κ2) is 4.45. The van der Waals surface area contributed by atoms with Gasteiger partial charge in [0.1, 0.15) is 11.5 Å². The van der Waals surface area contributed by atoms with Crippen molar-refractivity contribution in [3.05, 3.63) is 12.2 Å². The van der Waals surface area contributed by atoms with E-state index in [2.05, 4.69) is 0 Å². The monoisotopic (exact) mass is 217 g/mol. The van der Waals surface area contributed by atoms with E-state index in [1.165, 1.54) is 0 Å². The highest BCUT2D eigenvalue weighted by Crippen LogP contribution is 2.40. The second-order valence-corrected chi connectivity index (χ2v) is 4.52. The minimum Gasteiger partial charge on any atom is -0.298 e. The standard InChI is InChI=1S/C10H16FNOS/c1-3-5-10(11)6-4-8(13)9(14-12)7(10)2/h3,5,7,9H,4,6,12H2,1-2H3/b5-3+. The molecule has 0 aromatic carbocycles. The minimum absolute atomic E-state index is 0.0720. The van der Waals surface area contributed by atoms with Gasteiger partial charge in [0.05, 0.1) is 5.25 Å². The van der Waals surface area contributed by atoms with Crippen molar-refractivity contribution in [2.75, 3.05) is 0 Å². The molecule has 0 saturated heterocycles. The van der Waals surface area contributed by atoms with Crippen LogP contribution in [0.25, 0.3) is 0 Å². The first-order valence-corrected chi connectivity index (χ1v) is 5.70. The fraction of sp³-hybridized carbons (Fsp3) is 0.700. The Kier molecular flexibility index (Phi) is 3.72. The van der Waals surface area contributed by atoms with E-state index in [0.717, 1.165) is 11.9 Å². The number of allylic oxidation sites excluding steroid dienone is 2. The molecule has 0 bridgehead atoms. The van der Waals surface area contributed by atoms with Crippen molar-refractivity contribution in [3.63, 3.8) is 0 Å². The summed E-state index contributed by atoms with van der Waals surface area (Å²) in [4.78, 5) is 11.4. The Morgan fingerprint density at radius 1 is 1.71 bits per heavy atom. The third-order valence-corrected chi connectivity index (χ3v) is 3.84. The molecule has 0 aromatic heterocycles. The molecule has 0 heterocycles. The zero-order chi connectivity index (χ0) is 10.8. The molecule has 0 aliphatic heterocycles. The Hall–Kier alpha value is -0.350. The number of rotatable bonds is 2. The number of ketones is 1. The predicted molar refractivity (Wildman–Crippen MR) is 57.6 cm³/mol. The molecule has 1 fully saturated rings. The molecule has 1 aliphatic rings. The van der Waals surface area contributed by atoms with Gasteiger partial charge in [-0.05, 0) is 13.3 Å². The second-order valence-electron chi connectivity index (χ2n) is 3.74. The molecule has 1 aliphatic carbocycles. The number of halogens is 1. The first-order chi connectivity index (χ1) is 6.55. The number of nitrogens with two attached hydrogens (primary N) is 1. The van der Waals surface area contributed by atoms with Gasteiger partial charge in [-0.25, -0.2) is 4.39 Å². The van der Waals surface area contributed by atoms with Crippen LogP contribution in [0.4, 0.5) is 4.39 Å². The van der Waals surface area contributed by atoms with Crippen molar-refractivity contribution in [2.45, 2.75) is 37.6 Å². The van der Waals surface area contributed by atoms with E-state index in [9.17, 15) is 9.18 Å². The van der Waals surface area contributed by atoms with Crippen LogP contribution in [0.15, 0.2) is 12.2 Å². The van der Waals surface area contributed by atoms with Gasteiger partial charge < -0.3 is 0 Å². The van der Waals surface area contributed by atoms with E-state index in [1.807, 2.05) is 0 Å². The van der Waals surface area contributed by atoms with Gasteiger partial charge in [-0.3, -0.25) is 9.93 Å². The Labute approximate surface area is 88.3 Å². The minimum atomic E-state index is -1.36. The van der Waals surface area contributed by atoms with Crippen LogP contribution in [0.2, 0.25) is 0 Å². The SMILES string of the molecule is C/C=C/C1(F)CCC(=O)C(SN)C1C. The molecular formula is C10H16FNOS. The van der Waals surface area contributed by atoms with E-state index in [1.54, 1.807) is 26.0 Å². The molecule has 0 aromatic rings. The van der Waals surface area contributed by atoms with Gasteiger partial charge in [0.2, 0.25) is 0 Å². The van der Waals surface area contributed by atoms with Crippen LogP contribution < -0.4 is 5.14 Å². The van der Waals surface area contributed by atoms with E-state index in [-0.39, 0.29) is 18.1 Å². The molecule has 1 saturated carbocycles. The third-order valence-electron chi connectivity index (χ3n) is 2.87. The lowest BCUT2D eigenvalue weighted by molar-refractivity contribution is -0.123. The molecule has 0 radical (unpaired) electrons. The number of carbonyl (C=O) groups excluding carboxylic acids is 1. The lowest BCUT2D eigenvalue weighted by Crippen LogP contribution is -2.45. The lowest BCUT2D eigenvalue weighted by Gasteiger charge is -2.37. The molecule has 4 heteroatoms. The van der Waals surface area contributed by atoms with E-state index in [0.29, 0.717) is 6.42 Å². The molecule has 2 N–H and O–H groups in total. The first-order valence-electron chi connectivity index (χ1n) is 4.76. The maximum Gasteiger partial charge on any atom is 0.147 e. The van der Waals surface area contributed by atoms with Crippen LogP contribution in [0.1, 0.15) is 26.7 Å². The van der Waals surface area contributed by atoms with Crippen LogP contribution in [0.5, 0.6) is 0 Å². The molecule has 0 spiro atoms. The van der Waals surface area contributed by atoms with Crippen LogP contribution in [0, 0.1) is 5.92 Å². The average molecular weight is 217 g/mol.